The third-order valence-electron chi connectivity index (χ3n) is 5.42. The number of furan rings is 1. The van der Waals surface area contributed by atoms with E-state index in [4.69, 9.17) is 17.0 Å². The maximum atomic E-state index is 5.68. The lowest BCUT2D eigenvalue weighted by Gasteiger charge is -2.33. The predicted octanol–water partition coefficient (Wildman–Crippen LogP) is 3.65. The fraction of sp³-hybridized carbons (Fsp3) is 0.450. The van der Waals surface area contributed by atoms with Crippen LogP contribution >= 0.6 is 12.6 Å². The number of benzene rings is 1. The van der Waals surface area contributed by atoms with Crippen LogP contribution in [0.5, 0.6) is 0 Å². The third kappa shape index (κ3) is 3.48. The molecule has 3 aliphatic heterocycles. The number of amidine groups is 1. The number of thiol groups is 1. The van der Waals surface area contributed by atoms with Crippen molar-refractivity contribution in [1.29, 1.82) is 0 Å². The molecule has 26 heavy (non-hydrogen) atoms. The second kappa shape index (κ2) is 7.37. The summed E-state index contributed by atoms with van der Waals surface area (Å²) >= 11 is 4.73. The SMILES string of the molecule is CN=C(Nc1ccc(N2CCN3CCC2CC3)cc1S)c1ccc(C)o1. The lowest BCUT2D eigenvalue weighted by Crippen LogP contribution is -2.37. The summed E-state index contributed by atoms with van der Waals surface area (Å²) in [7, 11) is 1.76. The predicted molar refractivity (Wildman–Crippen MR) is 110 cm³/mol. The number of piperidine rings is 1. The van der Waals surface area contributed by atoms with Gasteiger partial charge in [0.15, 0.2) is 11.6 Å². The molecule has 2 aromatic rings. The number of hydrogen-bond donors (Lipinski definition) is 2. The minimum Gasteiger partial charge on any atom is -0.458 e. The van der Waals surface area contributed by atoms with E-state index in [9.17, 15) is 0 Å². The lowest BCUT2D eigenvalue weighted by atomic mass is 10.0. The van der Waals surface area contributed by atoms with Crippen LogP contribution in [0.1, 0.15) is 24.4 Å². The molecule has 1 N–H and O–H groups in total. The molecule has 138 valence electrons. The van der Waals surface area contributed by atoms with Gasteiger partial charge in [-0.1, -0.05) is 0 Å². The Hall–Kier alpha value is -1.92. The minimum atomic E-state index is 0.652. The van der Waals surface area contributed by atoms with Gasteiger partial charge < -0.3 is 19.5 Å². The van der Waals surface area contributed by atoms with Crippen molar-refractivity contribution >= 4 is 29.8 Å². The molecule has 0 radical (unpaired) electrons. The van der Waals surface area contributed by atoms with Crippen molar-refractivity contribution in [3.63, 3.8) is 0 Å². The number of fused-ring (bicyclic) bond motifs is 4. The van der Waals surface area contributed by atoms with Crippen molar-refractivity contribution in [2.75, 3.05) is 43.4 Å². The Kier molecular flexibility index (Phi) is 4.96. The quantitative estimate of drug-likeness (QED) is 0.492. The number of aliphatic imine (C=N–C) groups is 1. The van der Waals surface area contributed by atoms with Crippen molar-refractivity contribution in [3.05, 3.63) is 41.9 Å². The molecule has 4 heterocycles. The highest BCUT2D eigenvalue weighted by atomic mass is 32.1. The normalized spacial score (nSPS) is 23.2. The van der Waals surface area contributed by atoms with E-state index < -0.39 is 0 Å². The van der Waals surface area contributed by atoms with Gasteiger partial charge in [-0.2, -0.15) is 0 Å². The van der Waals surface area contributed by atoms with Crippen molar-refractivity contribution in [2.24, 2.45) is 4.99 Å². The molecule has 0 amide bonds. The average Bonchev–Trinajstić information content (AvgIpc) is 2.87. The van der Waals surface area contributed by atoms with E-state index in [0.717, 1.165) is 35.2 Å². The first kappa shape index (κ1) is 17.5. The van der Waals surface area contributed by atoms with Crippen molar-refractivity contribution in [3.8, 4) is 0 Å². The first-order chi connectivity index (χ1) is 12.6. The number of aryl methyl sites for hydroxylation is 1. The topological polar surface area (TPSA) is 44.0 Å². The standard InChI is InChI=1S/C20H26N4OS/c1-14-3-6-18(25-14)20(21-2)22-17-5-4-16(13-19(17)26)24-12-11-23-9-7-15(24)8-10-23/h3-6,13,15,26H,7-12H2,1-2H3,(H,21,22). The Morgan fingerprint density at radius 1 is 1.15 bits per heavy atom. The summed E-state index contributed by atoms with van der Waals surface area (Å²) in [5.74, 6) is 2.32. The first-order valence-electron chi connectivity index (χ1n) is 9.26. The highest BCUT2D eigenvalue weighted by Crippen LogP contribution is 2.31. The van der Waals surface area contributed by atoms with Gasteiger partial charge in [-0.05, 0) is 50.1 Å². The third-order valence-corrected chi connectivity index (χ3v) is 5.79. The van der Waals surface area contributed by atoms with Gasteiger partial charge in [0, 0.05) is 49.9 Å². The molecule has 3 aliphatic rings. The highest BCUT2D eigenvalue weighted by Gasteiger charge is 2.29. The van der Waals surface area contributed by atoms with Gasteiger partial charge in [-0.25, -0.2) is 0 Å². The van der Waals surface area contributed by atoms with Crippen LogP contribution in [-0.2, 0) is 0 Å². The molecule has 0 spiro atoms. The van der Waals surface area contributed by atoms with E-state index in [1.54, 1.807) is 7.05 Å². The molecule has 5 nitrogen and oxygen atoms in total. The fourth-order valence-corrected chi connectivity index (χ4v) is 4.21. The smallest absolute Gasteiger partial charge is 0.169 e. The first-order valence-corrected chi connectivity index (χ1v) is 9.71. The van der Waals surface area contributed by atoms with Gasteiger partial charge in [0.05, 0.1) is 5.69 Å². The number of anilines is 2. The van der Waals surface area contributed by atoms with Crippen LogP contribution in [0.3, 0.4) is 0 Å². The molecule has 3 saturated heterocycles. The lowest BCUT2D eigenvalue weighted by molar-refractivity contribution is 0.250. The molecule has 0 saturated carbocycles. The van der Waals surface area contributed by atoms with Gasteiger partial charge in [0.2, 0.25) is 0 Å². The Labute approximate surface area is 160 Å². The monoisotopic (exact) mass is 370 g/mol. The summed E-state index contributed by atoms with van der Waals surface area (Å²) < 4.78 is 5.68. The largest absolute Gasteiger partial charge is 0.458 e. The average molecular weight is 371 g/mol. The maximum Gasteiger partial charge on any atom is 0.169 e. The Morgan fingerprint density at radius 3 is 2.62 bits per heavy atom. The zero-order valence-corrected chi connectivity index (χ0v) is 16.3. The minimum absolute atomic E-state index is 0.652. The molecule has 0 atom stereocenters. The summed E-state index contributed by atoms with van der Waals surface area (Å²) in [6.07, 6.45) is 2.51. The van der Waals surface area contributed by atoms with Crippen LogP contribution in [0.25, 0.3) is 0 Å². The van der Waals surface area contributed by atoms with E-state index in [1.807, 2.05) is 19.1 Å². The summed E-state index contributed by atoms with van der Waals surface area (Å²) in [4.78, 5) is 10.4. The molecule has 1 aromatic carbocycles. The second-order valence-electron chi connectivity index (χ2n) is 7.08. The van der Waals surface area contributed by atoms with Gasteiger partial charge >= 0.3 is 0 Å². The molecule has 1 aromatic heterocycles. The van der Waals surface area contributed by atoms with Gasteiger partial charge in [0.1, 0.15) is 5.76 Å². The van der Waals surface area contributed by atoms with E-state index in [0.29, 0.717) is 11.9 Å². The van der Waals surface area contributed by atoms with Gasteiger partial charge in [-0.3, -0.25) is 4.99 Å². The van der Waals surface area contributed by atoms with Gasteiger partial charge in [0.25, 0.3) is 0 Å². The van der Waals surface area contributed by atoms with Crippen LogP contribution in [0.2, 0.25) is 0 Å². The summed E-state index contributed by atoms with van der Waals surface area (Å²) in [5, 5.41) is 3.36. The van der Waals surface area contributed by atoms with Crippen molar-refractivity contribution in [2.45, 2.75) is 30.7 Å². The Bertz CT molecular complexity index is 808. The molecule has 5 rings (SSSR count). The Balaban J connectivity index is 1.54. The molecule has 2 bridgehead atoms. The summed E-state index contributed by atoms with van der Waals surface area (Å²) in [6, 6.07) is 11.0. The maximum absolute atomic E-state index is 5.68. The van der Waals surface area contributed by atoms with Crippen LogP contribution < -0.4 is 10.2 Å². The molecule has 3 fully saturated rings. The van der Waals surface area contributed by atoms with E-state index in [2.05, 4.69) is 38.3 Å². The molecule has 6 heteroatoms. The van der Waals surface area contributed by atoms with Crippen LogP contribution in [0, 0.1) is 6.92 Å². The van der Waals surface area contributed by atoms with Crippen LogP contribution in [-0.4, -0.2) is 50.0 Å². The molecule has 0 aliphatic carbocycles. The van der Waals surface area contributed by atoms with Gasteiger partial charge in [-0.15, -0.1) is 12.6 Å². The van der Waals surface area contributed by atoms with E-state index in [-0.39, 0.29) is 0 Å². The molecule has 0 unspecified atom stereocenters. The molecular weight excluding hydrogens is 344 g/mol. The van der Waals surface area contributed by atoms with Crippen molar-refractivity contribution in [1.82, 2.24) is 4.90 Å². The zero-order chi connectivity index (χ0) is 18.1. The summed E-state index contributed by atoms with van der Waals surface area (Å²) in [5.41, 5.74) is 2.20. The van der Waals surface area contributed by atoms with E-state index >= 15 is 0 Å². The zero-order valence-electron chi connectivity index (χ0n) is 15.4. The fourth-order valence-electron chi connectivity index (χ4n) is 3.95. The van der Waals surface area contributed by atoms with Crippen LogP contribution in [0.4, 0.5) is 11.4 Å². The Morgan fingerprint density at radius 2 is 1.96 bits per heavy atom. The number of nitrogens with one attached hydrogen (secondary N) is 1. The number of nitrogens with zero attached hydrogens (tertiary/aromatic N) is 3. The number of rotatable bonds is 3. The summed E-state index contributed by atoms with van der Waals surface area (Å²) in [6.45, 7) is 6.64. The number of hydrogen-bond acceptors (Lipinski definition) is 5. The van der Waals surface area contributed by atoms with Crippen LogP contribution in [0.15, 0.2) is 44.6 Å². The molecular formula is C20H26N4OS. The highest BCUT2D eigenvalue weighted by molar-refractivity contribution is 7.80. The van der Waals surface area contributed by atoms with E-state index in [1.165, 1.54) is 31.6 Å². The van der Waals surface area contributed by atoms with Crippen molar-refractivity contribution < 1.29 is 4.42 Å². The second-order valence-corrected chi connectivity index (χ2v) is 7.56.